The van der Waals surface area contributed by atoms with Crippen molar-refractivity contribution in [2.45, 2.75) is 117 Å². The average Bonchev–Trinajstić information content (AvgIpc) is 2.78. The molecule has 4 aliphatic rings. The van der Waals surface area contributed by atoms with Crippen LogP contribution in [0.5, 0.6) is 0 Å². The maximum Gasteiger partial charge on any atom is 0.133 e. The van der Waals surface area contributed by atoms with Crippen LogP contribution >= 0.6 is 22.6 Å². The van der Waals surface area contributed by atoms with Gasteiger partial charge in [-0.25, -0.2) is 0 Å². The Bertz CT molecular complexity index is 718. The first-order chi connectivity index (χ1) is 16.5. The Morgan fingerprint density at radius 1 is 0.514 bits per heavy atom. The molecule has 0 bridgehead atoms. The van der Waals surface area contributed by atoms with E-state index in [1.165, 1.54) is 51.4 Å². The van der Waals surface area contributed by atoms with E-state index < -0.39 is 0 Å². The largest absolute Gasteiger partial charge is 0.300 e. The molecule has 0 aromatic carbocycles. The van der Waals surface area contributed by atoms with E-state index in [9.17, 15) is 4.79 Å². The molecule has 4 rings (SSSR count). The summed E-state index contributed by atoms with van der Waals surface area (Å²) in [6.45, 7) is 19.7. The number of carbonyl (C=O) groups is 1. The van der Waals surface area contributed by atoms with Gasteiger partial charge in [0.1, 0.15) is 5.78 Å². The molecule has 0 heterocycles. The van der Waals surface area contributed by atoms with Crippen molar-refractivity contribution in [2.24, 2.45) is 82.9 Å². The number of carbonyl (C=O) groups excluding carboxylic acids is 1. The Morgan fingerprint density at radius 2 is 0.914 bits per heavy atom. The molecule has 4 saturated carbocycles. The van der Waals surface area contributed by atoms with Crippen LogP contribution in [0.2, 0.25) is 0 Å². The summed E-state index contributed by atoms with van der Waals surface area (Å²) in [5.41, 5.74) is 0. The van der Waals surface area contributed by atoms with Crippen LogP contribution in [-0.2, 0) is 4.79 Å². The van der Waals surface area contributed by atoms with Crippen molar-refractivity contribution in [3.05, 3.63) is 0 Å². The molecule has 1 nitrogen and oxygen atoms in total. The third-order valence-corrected chi connectivity index (χ3v) is 14.3. The summed E-state index contributed by atoms with van der Waals surface area (Å²) in [6, 6.07) is 0. The van der Waals surface area contributed by atoms with Gasteiger partial charge in [-0.15, -0.1) is 0 Å². The van der Waals surface area contributed by atoms with Gasteiger partial charge >= 0.3 is 0 Å². The molecular formula is C33H57IO. The lowest BCUT2D eigenvalue weighted by molar-refractivity contribution is -0.124. The lowest BCUT2D eigenvalue weighted by atomic mass is 9.53. The van der Waals surface area contributed by atoms with Crippen molar-refractivity contribution in [1.82, 2.24) is 0 Å². The lowest BCUT2D eigenvalue weighted by Crippen LogP contribution is -2.45. The van der Waals surface area contributed by atoms with Gasteiger partial charge in [0.2, 0.25) is 0 Å². The summed E-state index contributed by atoms with van der Waals surface area (Å²) in [5.74, 6) is 12.3. The van der Waals surface area contributed by atoms with Gasteiger partial charge < -0.3 is 0 Å². The van der Waals surface area contributed by atoms with E-state index in [1.54, 1.807) is 0 Å². The first-order valence-corrected chi connectivity index (χ1v) is 16.9. The molecule has 0 aliphatic heterocycles. The van der Waals surface area contributed by atoms with Gasteiger partial charge in [0.25, 0.3) is 0 Å². The van der Waals surface area contributed by atoms with Crippen LogP contribution in [0.1, 0.15) is 113 Å². The molecule has 35 heavy (non-hydrogen) atoms. The monoisotopic (exact) mass is 596 g/mol. The second kappa shape index (κ2) is 11.6. The number of hydrogen-bond donors (Lipinski definition) is 0. The minimum absolute atomic E-state index is 0.338. The van der Waals surface area contributed by atoms with Gasteiger partial charge in [-0.2, -0.15) is 0 Å². The van der Waals surface area contributed by atoms with Crippen LogP contribution in [0.4, 0.5) is 0 Å². The molecule has 0 N–H and O–H groups in total. The van der Waals surface area contributed by atoms with E-state index in [0.29, 0.717) is 17.6 Å². The highest BCUT2D eigenvalue weighted by Crippen LogP contribution is 2.55. The van der Waals surface area contributed by atoms with Crippen molar-refractivity contribution in [3.8, 4) is 0 Å². The van der Waals surface area contributed by atoms with Gasteiger partial charge in [0.15, 0.2) is 0 Å². The third-order valence-electron chi connectivity index (χ3n) is 12.5. The SMILES string of the molecule is CC(=O)C1CCC(C2CC(C)C(C3CC(C)C(C4CC(C)C(I)CC4C)CC3C)CC2C)CC1C. The molecule has 4 fully saturated rings. The predicted octanol–water partition coefficient (Wildman–Crippen LogP) is 9.71. The Labute approximate surface area is 232 Å². The fourth-order valence-corrected chi connectivity index (χ4v) is 11.5. The molecule has 0 radical (unpaired) electrons. The number of Topliss-reactive ketones (excluding diaryl/α,β-unsaturated/α-hetero) is 1. The van der Waals surface area contributed by atoms with Gasteiger partial charge in [-0.05, 0) is 142 Å². The molecule has 0 amide bonds. The maximum absolute atomic E-state index is 12.1. The van der Waals surface area contributed by atoms with Crippen LogP contribution in [0.15, 0.2) is 0 Å². The Hall–Kier alpha value is 0.400. The highest BCUT2D eigenvalue weighted by atomic mass is 127. The van der Waals surface area contributed by atoms with Crippen molar-refractivity contribution in [3.63, 3.8) is 0 Å². The van der Waals surface area contributed by atoms with Gasteiger partial charge in [0, 0.05) is 9.84 Å². The van der Waals surface area contributed by atoms with Crippen molar-refractivity contribution < 1.29 is 4.79 Å². The second-order valence-electron chi connectivity index (χ2n) is 14.9. The van der Waals surface area contributed by atoms with Gasteiger partial charge in [-0.1, -0.05) is 71.1 Å². The maximum atomic E-state index is 12.1. The van der Waals surface area contributed by atoms with Crippen LogP contribution in [0, 0.1) is 82.9 Å². The highest BCUT2D eigenvalue weighted by molar-refractivity contribution is 14.1. The summed E-state index contributed by atoms with van der Waals surface area (Å²) < 4.78 is 0.890. The van der Waals surface area contributed by atoms with Crippen LogP contribution < -0.4 is 0 Å². The van der Waals surface area contributed by atoms with E-state index in [-0.39, 0.29) is 0 Å². The van der Waals surface area contributed by atoms with Crippen molar-refractivity contribution in [2.75, 3.05) is 0 Å². The number of rotatable bonds is 4. The molecule has 0 saturated heterocycles. The molecule has 0 spiro atoms. The smallest absolute Gasteiger partial charge is 0.133 e. The summed E-state index contributed by atoms with van der Waals surface area (Å²) in [6.07, 6.45) is 12.6. The van der Waals surface area contributed by atoms with Gasteiger partial charge in [-0.3, -0.25) is 4.79 Å². The Kier molecular flexibility index (Phi) is 9.45. The third kappa shape index (κ3) is 6.03. The zero-order valence-electron chi connectivity index (χ0n) is 24.3. The Morgan fingerprint density at radius 3 is 1.37 bits per heavy atom. The first kappa shape index (κ1) is 28.4. The molecule has 4 aliphatic carbocycles. The number of alkyl halides is 1. The van der Waals surface area contributed by atoms with Gasteiger partial charge in [0.05, 0.1) is 0 Å². The van der Waals surface area contributed by atoms with Crippen LogP contribution in [0.25, 0.3) is 0 Å². The zero-order chi connectivity index (χ0) is 25.6. The molecule has 15 unspecified atom stereocenters. The summed E-state index contributed by atoms with van der Waals surface area (Å²) in [5, 5.41) is 0. The topological polar surface area (TPSA) is 17.1 Å². The van der Waals surface area contributed by atoms with Crippen molar-refractivity contribution in [1.29, 1.82) is 0 Å². The zero-order valence-corrected chi connectivity index (χ0v) is 26.5. The summed E-state index contributed by atoms with van der Waals surface area (Å²) >= 11 is 2.73. The average molecular weight is 597 g/mol. The minimum atomic E-state index is 0.338. The normalized spacial score (nSPS) is 53.8. The lowest BCUT2D eigenvalue weighted by Gasteiger charge is -2.53. The first-order valence-electron chi connectivity index (χ1n) is 15.6. The van der Waals surface area contributed by atoms with Crippen LogP contribution in [0.3, 0.4) is 0 Å². The van der Waals surface area contributed by atoms with E-state index in [4.69, 9.17) is 0 Å². The minimum Gasteiger partial charge on any atom is -0.300 e. The molecular weight excluding hydrogens is 539 g/mol. The standard InChI is InChI=1S/C33H57IO/c1-18-11-26(9-10-27(18)25(8)35)28-12-20(3)29(13-19(28)2)30-14-22(5)31(15-21(30)4)32-16-24(7)33(34)17-23(32)6/h18-24,26-33H,9-17H2,1-8H3. The molecule has 0 aromatic rings. The summed E-state index contributed by atoms with van der Waals surface area (Å²) in [7, 11) is 0. The number of ketones is 1. The van der Waals surface area contributed by atoms with Crippen LogP contribution in [-0.4, -0.2) is 9.71 Å². The highest BCUT2D eigenvalue weighted by Gasteiger charge is 2.47. The van der Waals surface area contributed by atoms with E-state index in [1.807, 2.05) is 6.92 Å². The van der Waals surface area contributed by atoms with E-state index >= 15 is 0 Å². The number of hydrogen-bond acceptors (Lipinski definition) is 1. The summed E-state index contributed by atoms with van der Waals surface area (Å²) in [4.78, 5) is 12.1. The molecule has 15 atom stereocenters. The number of halogens is 1. The van der Waals surface area contributed by atoms with Crippen molar-refractivity contribution >= 4 is 28.4 Å². The molecule has 0 aromatic heterocycles. The molecule has 2 heteroatoms. The van der Waals surface area contributed by atoms with E-state index in [0.717, 1.165) is 81.4 Å². The quantitative estimate of drug-likeness (QED) is 0.233. The molecule has 202 valence electrons. The predicted molar refractivity (Wildman–Crippen MR) is 159 cm³/mol. The fourth-order valence-electron chi connectivity index (χ4n) is 10.4. The Balaban J connectivity index is 1.37. The fraction of sp³-hybridized carbons (Fsp3) is 0.970. The second-order valence-corrected chi connectivity index (χ2v) is 16.5. The van der Waals surface area contributed by atoms with E-state index in [2.05, 4.69) is 71.1 Å².